The van der Waals surface area contributed by atoms with E-state index in [1.54, 1.807) is 6.20 Å². The highest BCUT2D eigenvalue weighted by molar-refractivity contribution is 5.94. The second-order valence-corrected chi connectivity index (χ2v) is 6.87. The molecule has 1 aromatic carbocycles. The molecule has 2 saturated heterocycles. The average Bonchev–Trinajstić information content (AvgIpc) is 3.24. The molecule has 1 aromatic heterocycles. The van der Waals surface area contributed by atoms with E-state index in [2.05, 4.69) is 15.8 Å². The number of rotatable bonds is 3. The van der Waals surface area contributed by atoms with Gasteiger partial charge in [0.05, 0.1) is 11.7 Å². The Hall–Kier alpha value is -2.77. The summed E-state index contributed by atoms with van der Waals surface area (Å²) in [5.41, 5.74) is 7.89. The number of amides is 2. The first kappa shape index (κ1) is 17.6. The Kier molecular flexibility index (Phi) is 5.13. The molecular weight excluding hydrogens is 342 g/mol. The number of carbonyl (C=O) groups is 2. The van der Waals surface area contributed by atoms with E-state index in [-0.39, 0.29) is 23.9 Å². The van der Waals surface area contributed by atoms with Crippen LogP contribution in [0.2, 0.25) is 0 Å². The summed E-state index contributed by atoms with van der Waals surface area (Å²) in [5.74, 6) is 0.103. The minimum Gasteiger partial charge on any atom is -0.338 e. The smallest absolute Gasteiger partial charge is 0.253 e. The van der Waals surface area contributed by atoms with Gasteiger partial charge in [0, 0.05) is 37.9 Å². The quantitative estimate of drug-likeness (QED) is 0.848. The Bertz CT molecular complexity index is 791. The molecule has 0 spiro atoms. The van der Waals surface area contributed by atoms with Crippen LogP contribution in [0.25, 0.3) is 0 Å². The van der Waals surface area contributed by atoms with Gasteiger partial charge in [-0.15, -0.1) is 0 Å². The molecule has 2 fully saturated rings. The molecule has 0 saturated carbocycles. The topological polar surface area (TPSA) is 77.6 Å². The molecule has 3 heterocycles. The molecular formula is C20H23N5O2. The van der Waals surface area contributed by atoms with Gasteiger partial charge in [0.15, 0.2) is 0 Å². The maximum absolute atomic E-state index is 12.8. The van der Waals surface area contributed by atoms with Crippen molar-refractivity contribution < 1.29 is 9.59 Å². The molecule has 0 radical (unpaired) electrons. The molecule has 4 rings (SSSR count). The molecule has 7 heteroatoms. The molecule has 2 atom stereocenters. The molecule has 2 amide bonds. The summed E-state index contributed by atoms with van der Waals surface area (Å²) in [4.78, 5) is 33.4. The van der Waals surface area contributed by atoms with Crippen LogP contribution in [0.1, 0.15) is 28.5 Å². The second kappa shape index (κ2) is 7.85. The van der Waals surface area contributed by atoms with E-state index in [0.717, 1.165) is 5.69 Å². The van der Waals surface area contributed by atoms with Gasteiger partial charge in [-0.25, -0.2) is 10.9 Å². The first-order valence-electron chi connectivity index (χ1n) is 9.27. The van der Waals surface area contributed by atoms with E-state index in [0.29, 0.717) is 38.2 Å². The summed E-state index contributed by atoms with van der Waals surface area (Å²) in [6, 6.07) is 14.8. The van der Waals surface area contributed by atoms with Crippen molar-refractivity contribution in [2.24, 2.45) is 0 Å². The van der Waals surface area contributed by atoms with E-state index in [1.165, 1.54) is 0 Å². The van der Waals surface area contributed by atoms with Crippen molar-refractivity contribution in [2.75, 3.05) is 26.2 Å². The molecule has 2 unspecified atom stereocenters. The predicted molar refractivity (Wildman–Crippen MR) is 101 cm³/mol. The highest BCUT2D eigenvalue weighted by Gasteiger charge is 2.35. The van der Waals surface area contributed by atoms with Crippen LogP contribution in [0, 0.1) is 0 Å². The third-order valence-corrected chi connectivity index (χ3v) is 5.15. The molecule has 140 valence electrons. The second-order valence-electron chi connectivity index (χ2n) is 6.87. The summed E-state index contributed by atoms with van der Waals surface area (Å²) in [7, 11) is 0. The van der Waals surface area contributed by atoms with Crippen LogP contribution < -0.4 is 10.9 Å². The minimum absolute atomic E-state index is 0.0265. The van der Waals surface area contributed by atoms with Crippen molar-refractivity contribution in [3.8, 4) is 0 Å². The molecule has 2 aromatic rings. The maximum atomic E-state index is 12.8. The lowest BCUT2D eigenvalue weighted by Crippen LogP contribution is -2.54. The lowest BCUT2D eigenvalue weighted by Gasteiger charge is -2.35. The van der Waals surface area contributed by atoms with Crippen molar-refractivity contribution in [3.05, 3.63) is 66.0 Å². The largest absolute Gasteiger partial charge is 0.338 e. The van der Waals surface area contributed by atoms with Crippen LogP contribution in [0.15, 0.2) is 54.7 Å². The third kappa shape index (κ3) is 3.84. The van der Waals surface area contributed by atoms with Crippen LogP contribution in [-0.2, 0) is 4.79 Å². The molecule has 2 aliphatic heterocycles. The van der Waals surface area contributed by atoms with Gasteiger partial charge in [0.1, 0.15) is 6.04 Å². The molecule has 7 nitrogen and oxygen atoms in total. The fourth-order valence-corrected chi connectivity index (χ4v) is 3.61. The van der Waals surface area contributed by atoms with E-state index < -0.39 is 0 Å². The van der Waals surface area contributed by atoms with E-state index in [1.807, 2.05) is 58.3 Å². The maximum Gasteiger partial charge on any atom is 0.253 e. The highest BCUT2D eigenvalue weighted by atomic mass is 16.2. The monoisotopic (exact) mass is 365 g/mol. The molecule has 2 aliphatic rings. The lowest BCUT2D eigenvalue weighted by molar-refractivity contribution is -0.134. The number of benzene rings is 1. The lowest BCUT2D eigenvalue weighted by atomic mass is 10.1. The van der Waals surface area contributed by atoms with Crippen LogP contribution in [0.4, 0.5) is 0 Å². The summed E-state index contributed by atoms with van der Waals surface area (Å²) in [5, 5.41) is 0. The van der Waals surface area contributed by atoms with Crippen molar-refractivity contribution in [1.29, 1.82) is 0 Å². The molecule has 27 heavy (non-hydrogen) atoms. The van der Waals surface area contributed by atoms with Gasteiger partial charge in [0.2, 0.25) is 5.91 Å². The Morgan fingerprint density at radius 1 is 0.889 bits per heavy atom. The number of hydrogen-bond acceptors (Lipinski definition) is 5. The number of carbonyl (C=O) groups excluding carboxylic acids is 2. The number of nitrogens with zero attached hydrogens (tertiary/aromatic N) is 3. The summed E-state index contributed by atoms with van der Waals surface area (Å²) in [6.45, 7) is 2.24. The summed E-state index contributed by atoms with van der Waals surface area (Å²) >= 11 is 0. The minimum atomic E-state index is -0.270. The third-order valence-electron chi connectivity index (χ3n) is 5.15. The number of piperazine rings is 1. The van der Waals surface area contributed by atoms with Gasteiger partial charge in [-0.05, 0) is 30.7 Å². The van der Waals surface area contributed by atoms with Crippen molar-refractivity contribution in [2.45, 2.75) is 18.5 Å². The number of nitrogens with one attached hydrogen (secondary N) is 2. The SMILES string of the molecule is O=C(c1ccccc1)N1CCN(C(=O)C2CC(c3ccccn3)NN2)CC1. The van der Waals surface area contributed by atoms with Gasteiger partial charge >= 0.3 is 0 Å². The Morgan fingerprint density at radius 3 is 2.30 bits per heavy atom. The number of hydrazine groups is 1. The van der Waals surface area contributed by atoms with Gasteiger partial charge < -0.3 is 9.80 Å². The molecule has 0 bridgehead atoms. The Balaban J connectivity index is 1.31. The zero-order chi connectivity index (χ0) is 18.6. The Labute approximate surface area is 158 Å². The van der Waals surface area contributed by atoms with Crippen LogP contribution in [0.3, 0.4) is 0 Å². The van der Waals surface area contributed by atoms with Gasteiger partial charge in [-0.3, -0.25) is 14.6 Å². The molecule has 0 aliphatic carbocycles. The van der Waals surface area contributed by atoms with Gasteiger partial charge in [-0.1, -0.05) is 24.3 Å². The average molecular weight is 365 g/mol. The summed E-state index contributed by atoms with van der Waals surface area (Å²) < 4.78 is 0. The van der Waals surface area contributed by atoms with Crippen LogP contribution in [0.5, 0.6) is 0 Å². The van der Waals surface area contributed by atoms with Crippen LogP contribution in [-0.4, -0.2) is 58.8 Å². The van der Waals surface area contributed by atoms with E-state index >= 15 is 0 Å². The van der Waals surface area contributed by atoms with E-state index in [4.69, 9.17) is 0 Å². The summed E-state index contributed by atoms with van der Waals surface area (Å²) in [6.07, 6.45) is 2.42. The fourth-order valence-electron chi connectivity index (χ4n) is 3.61. The number of pyridine rings is 1. The zero-order valence-electron chi connectivity index (χ0n) is 15.0. The predicted octanol–water partition coefficient (Wildman–Crippen LogP) is 0.974. The van der Waals surface area contributed by atoms with E-state index in [9.17, 15) is 9.59 Å². The normalized spacial score (nSPS) is 22.7. The zero-order valence-corrected chi connectivity index (χ0v) is 15.0. The number of aromatic nitrogens is 1. The van der Waals surface area contributed by atoms with Crippen LogP contribution >= 0.6 is 0 Å². The standard InChI is InChI=1S/C20H23N5O2/c26-19(15-6-2-1-3-7-15)24-10-12-25(13-11-24)20(27)18-14-17(22-23-18)16-8-4-5-9-21-16/h1-9,17-18,22-23H,10-14H2. The first-order valence-corrected chi connectivity index (χ1v) is 9.27. The highest BCUT2D eigenvalue weighted by Crippen LogP contribution is 2.21. The van der Waals surface area contributed by atoms with Crippen molar-refractivity contribution >= 4 is 11.8 Å². The Morgan fingerprint density at radius 2 is 1.59 bits per heavy atom. The van der Waals surface area contributed by atoms with Crippen molar-refractivity contribution in [1.82, 2.24) is 25.6 Å². The van der Waals surface area contributed by atoms with Gasteiger partial charge in [-0.2, -0.15) is 0 Å². The van der Waals surface area contributed by atoms with Gasteiger partial charge in [0.25, 0.3) is 5.91 Å². The molecule has 2 N–H and O–H groups in total. The fraction of sp³-hybridized carbons (Fsp3) is 0.350. The first-order chi connectivity index (χ1) is 13.2. The number of hydrogen-bond donors (Lipinski definition) is 2. The van der Waals surface area contributed by atoms with Crippen molar-refractivity contribution in [3.63, 3.8) is 0 Å².